The molecular formula is C16H12N2O2. The molecule has 0 bridgehead atoms. The topological polar surface area (TPSA) is 65.7 Å². The predicted molar refractivity (Wildman–Crippen MR) is 78.8 cm³/mol. The number of hydrogen-bond acceptors (Lipinski definition) is 4. The summed E-state index contributed by atoms with van der Waals surface area (Å²) in [5, 5.41) is 20.7. The molecule has 0 saturated heterocycles. The van der Waals surface area contributed by atoms with E-state index in [9.17, 15) is 10.2 Å². The van der Waals surface area contributed by atoms with Crippen molar-refractivity contribution in [3.05, 3.63) is 60.2 Å². The lowest BCUT2D eigenvalue weighted by Gasteiger charge is -2.05. The molecule has 4 heteroatoms. The van der Waals surface area contributed by atoms with Crippen LogP contribution in [-0.2, 0) is 0 Å². The average Bonchev–Trinajstić information content (AvgIpc) is 2.48. The predicted octanol–water partition coefficient (Wildman–Crippen LogP) is 3.40. The third-order valence-electron chi connectivity index (χ3n) is 2.98. The molecule has 2 aromatic carbocycles. The van der Waals surface area contributed by atoms with Crippen molar-refractivity contribution in [3.8, 4) is 11.6 Å². The Bertz CT molecular complexity index is 783. The maximum Gasteiger partial charge on any atom is 0.224 e. The standard InChI is InChI=1S/C16H12N2O2/c19-15-12-8-4-5-9-14(12)18-16(20)13(15)10-17-11-6-2-1-3-7-11/h1-10H,(H2,18,19,20). The molecule has 98 valence electrons. The molecule has 0 aliphatic carbocycles. The summed E-state index contributed by atoms with van der Waals surface area (Å²) in [6, 6.07) is 16.4. The molecule has 3 rings (SSSR count). The lowest BCUT2D eigenvalue weighted by atomic mass is 10.1. The van der Waals surface area contributed by atoms with Gasteiger partial charge in [0.2, 0.25) is 5.88 Å². The Balaban J connectivity index is 2.10. The molecule has 0 aliphatic rings. The summed E-state index contributed by atoms with van der Waals surface area (Å²) in [5.74, 6) is -0.256. The van der Waals surface area contributed by atoms with Gasteiger partial charge in [0.1, 0.15) is 5.75 Å². The second-order valence-corrected chi connectivity index (χ2v) is 4.31. The van der Waals surface area contributed by atoms with Crippen molar-refractivity contribution < 1.29 is 10.2 Å². The van der Waals surface area contributed by atoms with Crippen molar-refractivity contribution in [2.24, 2.45) is 4.99 Å². The van der Waals surface area contributed by atoms with Crippen LogP contribution >= 0.6 is 0 Å². The van der Waals surface area contributed by atoms with Gasteiger partial charge < -0.3 is 10.2 Å². The first kappa shape index (κ1) is 12.2. The fourth-order valence-corrected chi connectivity index (χ4v) is 1.97. The molecule has 1 aromatic heterocycles. The molecule has 0 spiro atoms. The van der Waals surface area contributed by atoms with Crippen LogP contribution in [0.4, 0.5) is 5.69 Å². The van der Waals surface area contributed by atoms with E-state index in [-0.39, 0.29) is 17.2 Å². The third kappa shape index (κ3) is 2.19. The van der Waals surface area contributed by atoms with Crippen LogP contribution in [0.15, 0.2) is 59.6 Å². The Hall–Kier alpha value is -2.88. The first-order chi connectivity index (χ1) is 9.75. The van der Waals surface area contributed by atoms with Crippen molar-refractivity contribution in [1.82, 2.24) is 4.98 Å². The summed E-state index contributed by atoms with van der Waals surface area (Å²) in [7, 11) is 0. The largest absolute Gasteiger partial charge is 0.506 e. The lowest BCUT2D eigenvalue weighted by molar-refractivity contribution is 0.439. The summed E-state index contributed by atoms with van der Waals surface area (Å²) < 4.78 is 0. The van der Waals surface area contributed by atoms with E-state index in [1.54, 1.807) is 24.3 Å². The Kier molecular flexibility index (Phi) is 3.05. The van der Waals surface area contributed by atoms with Crippen LogP contribution < -0.4 is 0 Å². The summed E-state index contributed by atoms with van der Waals surface area (Å²) in [5.41, 5.74) is 1.49. The molecule has 0 aliphatic heterocycles. The van der Waals surface area contributed by atoms with Gasteiger partial charge in [0.05, 0.1) is 16.8 Å². The number of hydrogen-bond donors (Lipinski definition) is 2. The molecule has 0 saturated carbocycles. The Morgan fingerprint density at radius 3 is 2.40 bits per heavy atom. The number of benzene rings is 2. The highest BCUT2D eigenvalue weighted by Gasteiger charge is 2.11. The van der Waals surface area contributed by atoms with E-state index in [1.807, 2.05) is 30.3 Å². The summed E-state index contributed by atoms with van der Waals surface area (Å²) in [4.78, 5) is 8.27. The number of nitrogens with zero attached hydrogens (tertiary/aromatic N) is 2. The van der Waals surface area contributed by atoms with E-state index < -0.39 is 0 Å². The highest BCUT2D eigenvalue weighted by Crippen LogP contribution is 2.31. The quantitative estimate of drug-likeness (QED) is 0.697. The van der Waals surface area contributed by atoms with Gasteiger partial charge in [-0.1, -0.05) is 30.3 Å². The van der Waals surface area contributed by atoms with Gasteiger partial charge >= 0.3 is 0 Å². The number of para-hydroxylation sites is 2. The molecule has 0 radical (unpaired) electrons. The minimum atomic E-state index is -0.235. The zero-order chi connectivity index (χ0) is 13.9. The Labute approximate surface area is 115 Å². The Morgan fingerprint density at radius 1 is 0.900 bits per heavy atom. The van der Waals surface area contributed by atoms with E-state index in [0.717, 1.165) is 5.69 Å². The monoisotopic (exact) mass is 264 g/mol. The van der Waals surface area contributed by atoms with Crippen LogP contribution in [-0.4, -0.2) is 21.4 Å². The highest BCUT2D eigenvalue weighted by atomic mass is 16.3. The zero-order valence-corrected chi connectivity index (χ0v) is 10.6. The molecule has 1 heterocycles. The van der Waals surface area contributed by atoms with Crippen LogP contribution in [0.3, 0.4) is 0 Å². The van der Waals surface area contributed by atoms with Gasteiger partial charge in [0, 0.05) is 11.6 Å². The normalized spacial score (nSPS) is 11.2. The first-order valence-electron chi connectivity index (χ1n) is 6.15. The molecule has 4 nitrogen and oxygen atoms in total. The SMILES string of the molecule is Oc1nc2ccccc2c(O)c1C=Nc1ccccc1. The van der Waals surface area contributed by atoms with Gasteiger partial charge in [0.15, 0.2) is 0 Å². The van der Waals surface area contributed by atoms with E-state index in [0.29, 0.717) is 10.9 Å². The number of rotatable bonds is 2. The molecular weight excluding hydrogens is 252 g/mol. The van der Waals surface area contributed by atoms with Crippen molar-refractivity contribution in [2.45, 2.75) is 0 Å². The molecule has 0 fully saturated rings. The molecule has 20 heavy (non-hydrogen) atoms. The van der Waals surface area contributed by atoms with E-state index in [4.69, 9.17) is 0 Å². The second kappa shape index (κ2) is 5.01. The van der Waals surface area contributed by atoms with Crippen molar-refractivity contribution >= 4 is 22.8 Å². The molecule has 0 amide bonds. The van der Waals surface area contributed by atoms with E-state index in [2.05, 4.69) is 9.98 Å². The first-order valence-corrected chi connectivity index (χ1v) is 6.15. The van der Waals surface area contributed by atoms with Crippen molar-refractivity contribution in [1.29, 1.82) is 0 Å². The summed E-state index contributed by atoms with van der Waals surface area (Å²) >= 11 is 0. The van der Waals surface area contributed by atoms with Gasteiger partial charge in [-0.2, -0.15) is 0 Å². The van der Waals surface area contributed by atoms with Crippen LogP contribution in [0.5, 0.6) is 11.6 Å². The smallest absolute Gasteiger partial charge is 0.224 e. The minimum absolute atomic E-state index is 0.0206. The lowest BCUT2D eigenvalue weighted by Crippen LogP contribution is -1.89. The summed E-state index contributed by atoms with van der Waals surface area (Å²) in [6.07, 6.45) is 1.42. The highest BCUT2D eigenvalue weighted by molar-refractivity contribution is 5.97. The maximum atomic E-state index is 10.2. The van der Waals surface area contributed by atoms with Crippen molar-refractivity contribution in [3.63, 3.8) is 0 Å². The number of fused-ring (bicyclic) bond motifs is 1. The fraction of sp³-hybridized carbons (Fsp3) is 0. The Morgan fingerprint density at radius 2 is 1.60 bits per heavy atom. The van der Waals surface area contributed by atoms with E-state index in [1.165, 1.54) is 6.21 Å². The number of aromatic nitrogens is 1. The van der Waals surface area contributed by atoms with Crippen LogP contribution in [0.1, 0.15) is 5.56 Å². The van der Waals surface area contributed by atoms with Gasteiger partial charge in [-0.3, -0.25) is 4.99 Å². The van der Waals surface area contributed by atoms with Gasteiger partial charge in [-0.05, 0) is 24.3 Å². The number of aromatic hydroxyl groups is 2. The second-order valence-electron chi connectivity index (χ2n) is 4.31. The molecule has 0 atom stereocenters. The maximum absolute atomic E-state index is 10.2. The average molecular weight is 264 g/mol. The molecule has 0 unspecified atom stereocenters. The fourth-order valence-electron chi connectivity index (χ4n) is 1.97. The van der Waals surface area contributed by atoms with Crippen molar-refractivity contribution in [2.75, 3.05) is 0 Å². The molecule has 3 aromatic rings. The minimum Gasteiger partial charge on any atom is -0.506 e. The van der Waals surface area contributed by atoms with Gasteiger partial charge in [-0.25, -0.2) is 4.98 Å². The van der Waals surface area contributed by atoms with Crippen LogP contribution in [0, 0.1) is 0 Å². The van der Waals surface area contributed by atoms with Crippen LogP contribution in [0.25, 0.3) is 10.9 Å². The van der Waals surface area contributed by atoms with Crippen LogP contribution in [0.2, 0.25) is 0 Å². The van der Waals surface area contributed by atoms with Gasteiger partial charge in [0.25, 0.3) is 0 Å². The molecule has 2 N–H and O–H groups in total. The number of pyridine rings is 1. The number of aliphatic imine (C=N–C) groups is 1. The zero-order valence-electron chi connectivity index (χ0n) is 10.6. The summed E-state index contributed by atoms with van der Waals surface area (Å²) in [6.45, 7) is 0. The van der Waals surface area contributed by atoms with Gasteiger partial charge in [-0.15, -0.1) is 0 Å². The van der Waals surface area contributed by atoms with E-state index >= 15 is 0 Å². The third-order valence-corrected chi connectivity index (χ3v) is 2.98.